The molecular weight excluding hydrogens is 739 g/mol. The number of fused-ring (bicyclic) bond motifs is 1. The first-order valence-electron chi connectivity index (χ1n) is 19.3. The summed E-state index contributed by atoms with van der Waals surface area (Å²) < 4.78 is 17.4. The predicted molar refractivity (Wildman–Crippen MR) is 216 cm³/mol. The monoisotopic (exact) mass is 787 g/mol. The number of carbonyl (C=O) groups is 4. The van der Waals surface area contributed by atoms with Crippen molar-refractivity contribution < 1.29 is 38.2 Å². The van der Waals surface area contributed by atoms with Crippen molar-refractivity contribution in [3.63, 3.8) is 0 Å². The molecule has 0 fully saturated rings. The number of nitriles is 2. The van der Waals surface area contributed by atoms with E-state index in [1.165, 1.54) is 6.92 Å². The van der Waals surface area contributed by atoms with Gasteiger partial charge in [0.2, 0.25) is 17.7 Å². The van der Waals surface area contributed by atoms with Gasteiger partial charge in [-0.2, -0.15) is 10.5 Å². The number of aryl methyl sites for hydroxylation is 2. The lowest BCUT2D eigenvalue weighted by Gasteiger charge is -2.23. The Hall–Kier alpha value is -6.62. The number of nitrogens with zero attached hydrogens (tertiary/aromatic N) is 2. The number of esters is 1. The minimum absolute atomic E-state index is 0.0640. The third-order valence-electron chi connectivity index (χ3n) is 9.09. The predicted octanol–water partition coefficient (Wildman–Crippen LogP) is 5.01. The number of hydrogen-bond donors (Lipinski definition) is 4. The molecular formula is C45H49N5O8. The highest BCUT2D eigenvalue weighted by Gasteiger charge is 2.29. The normalized spacial score (nSPS) is 11.5. The third kappa shape index (κ3) is 13.5. The van der Waals surface area contributed by atoms with E-state index in [1.807, 2.05) is 54.6 Å². The summed E-state index contributed by atoms with van der Waals surface area (Å²) in [5, 5.41) is 36.2. The van der Waals surface area contributed by atoms with Gasteiger partial charge >= 0.3 is 5.97 Å². The number of methoxy groups -OCH3 is 1. The summed E-state index contributed by atoms with van der Waals surface area (Å²) in [5.41, 5.74) is 3.31. The maximum atomic E-state index is 13.9. The van der Waals surface area contributed by atoms with Crippen LogP contribution in [0.4, 0.5) is 0 Å². The first-order chi connectivity index (χ1) is 28.2. The van der Waals surface area contributed by atoms with Crippen LogP contribution >= 0.6 is 0 Å². The minimum Gasteiger partial charge on any atom is -0.497 e. The van der Waals surface area contributed by atoms with E-state index < -0.39 is 35.8 Å². The van der Waals surface area contributed by atoms with Crippen LogP contribution in [0.15, 0.2) is 71.1 Å². The van der Waals surface area contributed by atoms with E-state index in [-0.39, 0.29) is 51.0 Å². The van der Waals surface area contributed by atoms with Crippen molar-refractivity contribution in [3.05, 3.63) is 100 Å². The minimum atomic E-state index is -1.17. The van der Waals surface area contributed by atoms with Crippen molar-refractivity contribution in [1.82, 2.24) is 16.0 Å². The van der Waals surface area contributed by atoms with Gasteiger partial charge in [-0.15, -0.1) is 0 Å². The van der Waals surface area contributed by atoms with E-state index in [2.05, 4.69) is 39.9 Å². The maximum absolute atomic E-state index is 13.9. The van der Waals surface area contributed by atoms with Gasteiger partial charge in [0.1, 0.15) is 29.2 Å². The number of nitrogens with one attached hydrogen (secondary N) is 3. The number of unbranched alkanes of at least 4 members (excludes halogenated alkanes) is 3. The van der Waals surface area contributed by atoms with Crippen molar-refractivity contribution in [1.29, 1.82) is 10.5 Å². The Kier molecular flexibility index (Phi) is 17.8. The second-order valence-corrected chi connectivity index (χ2v) is 13.6. The number of aliphatic hydroxyl groups is 1. The molecule has 0 aliphatic carbocycles. The van der Waals surface area contributed by atoms with E-state index in [0.29, 0.717) is 66.4 Å². The Morgan fingerprint density at radius 1 is 0.810 bits per heavy atom. The van der Waals surface area contributed by atoms with Crippen LogP contribution in [0.3, 0.4) is 0 Å². The van der Waals surface area contributed by atoms with Crippen molar-refractivity contribution in [2.45, 2.75) is 83.2 Å². The SMILES string of the molecule is COc1ccc(CCCOC(=O)c2c(CCCC#N)oc3c(C#CCCCC#N)cc(C[C@H](NC(=O)[C@H](Cc4ccccc4)NC(C)=O)C(=O)NCCO)cc23)cc1. The average Bonchev–Trinajstić information content (AvgIpc) is 3.59. The maximum Gasteiger partial charge on any atom is 0.342 e. The van der Waals surface area contributed by atoms with Gasteiger partial charge in [0.15, 0.2) is 5.58 Å². The third-order valence-corrected chi connectivity index (χ3v) is 9.09. The van der Waals surface area contributed by atoms with Crippen LogP contribution in [-0.2, 0) is 44.8 Å². The molecule has 1 heterocycles. The van der Waals surface area contributed by atoms with E-state index >= 15 is 0 Å². The van der Waals surface area contributed by atoms with Crippen molar-refractivity contribution in [2.24, 2.45) is 0 Å². The first kappa shape index (κ1) is 44.1. The average molecular weight is 788 g/mol. The van der Waals surface area contributed by atoms with E-state index in [1.54, 1.807) is 19.2 Å². The summed E-state index contributed by atoms with van der Waals surface area (Å²) in [6.45, 7) is 1.03. The molecule has 13 nitrogen and oxygen atoms in total. The molecule has 0 unspecified atom stereocenters. The topological polar surface area (TPSA) is 204 Å². The highest BCUT2D eigenvalue weighted by atomic mass is 16.5. The molecule has 0 saturated carbocycles. The van der Waals surface area contributed by atoms with Crippen LogP contribution < -0.4 is 20.7 Å². The Morgan fingerprint density at radius 2 is 1.52 bits per heavy atom. The van der Waals surface area contributed by atoms with Gasteiger partial charge in [-0.25, -0.2) is 4.79 Å². The van der Waals surface area contributed by atoms with Gasteiger partial charge in [0, 0.05) is 57.4 Å². The lowest BCUT2D eigenvalue weighted by Crippen LogP contribution is -2.55. The summed E-state index contributed by atoms with van der Waals surface area (Å²) in [4.78, 5) is 53.4. The first-order valence-corrected chi connectivity index (χ1v) is 19.3. The number of furan rings is 1. The molecule has 4 N–H and O–H groups in total. The standard InChI is InChI=1S/C45H49N5O8/c1-31(52)49-39(29-33-13-6-5-7-14-33)44(54)50-38(43(53)48-24-25-51)30-34-27-35(16-8-3-4-10-22-46)42-37(28-34)41(40(58-42)17-9-11-23-47)45(55)57-26-12-15-32-18-20-36(56-2)21-19-32/h5-7,13-14,18-21,27-28,38-39,51H,3-4,9-12,15,17,24-26,29-30H2,1-2H3,(H,48,53)(H,49,52)(H,50,54)/t38-,39-/m0/s1. The molecule has 302 valence electrons. The molecule has 0 aliphatic rings. The quantitative estimate of drug-likeness (QED) is 0.0505. The summed E-state index contributed by atoms with van der Waals surface area (Å²) in [5.74, 6) is 5.07. The van der Waals surface area contributed by atoms with E-state index in [9.17, 15) is 29.5 Å². The summed E-state index contributed by atoms with van der Waals surface area (Å²) >= 11 is 0. The van der Waals surface area contributed by atoms with Crippen LogP contribution in [0.5, 0.6) is 5.75 Å². The van der Waals surface area contributed by atoms with Gasteiger partial charge in [0.05, 0.1) is 38.0 Å². The number of rotatable bonds is 21. The molecule has 0 bridgehead atoms. The zero-order chi connectivity index (χ0) is 41.7. The van der Waals surface area contributed by atoms with Crippen molar-refractivity contribution in [2.75, 3.05) is 26.9 Å². The van der Waals surface area contributed by atoms with Gasteiger partial charge < -0.3 is 34.9 Å². The lowest BCUT2D eigenvalue weighted by atomic mass is 9.97. The highest BCUT2D eigenvalue weighted by Crippen LogP contribution is 2.32. The molecule has 3 aromatic carbocycles. The number of ether oxygens (including phenoxy) is 2. The molecule has 2 atom stereocenters. The fraction of sp³-hybridized carbons (Fsp3) is 0.378. The van der Waals surface area contributed by atoms with Gasteiger partial charge in [0.25, 0.3) is 0 Å². The molecule has 0 saturated heterocycles. The van der Waals surface area contributed by atoms with Crippen LogP contribution in [-0.4, -0.2) is 67.7 Å². The zero-order valence-corrected chi connectivity index (χ0v) is 32.9. The molecule has 0 spiro atoms. The van der Waals surface area contributed by atoms with Crippen LogP contribution in [0.1, 0.15) is 83.8 Å². The zero-order valence-electron chi connectivity index (χ0n) is 32.9. The number of benzene rings is 3. The molecule has 4 rings (SSSR count). The molecule has 3 amide bonds. The lowest BCUT2D eigenvalue weighted by molar-refractivity contribution is -0.131. The molecule has 0 radical (unpaired) electrons. The number of hydrogen-bond acceptors (Lipinski definition) is 10. The summed E-state index contributed by atoms with van der Waals surface area (Å²) in [6, 6.07) is 22.3. The molecule has 1 aromatic heterocycles. The number of carbonyl (C=O) groups excluding carboxylic acids is 4. The molecule has 0 aliphatic heterocycles. The van der Waals surface area contributed by atoms with E-state index in [4.69, 9.17) is 19.2 Å². The molecule has 58 heavy (non-hydrogen) atoms. The Morgan fingerprint density at radius 3 is 2.21 bits per heavy atom. The van der Waals surface area contributed by atoms with Crippen molar-refractivity contribution >= 4 is 34.7 Å². The molecule has 13 heteroatoms. The van der Waals surface area contributed by atoms with Crippen LogP contribution in [0, 0.1) is 34.5 Å². The van der Waals surface area contributed by atoms with Gasteiger partial charge in [-0.1, -0.05) is 54.3 Å². The summed E-state index contributed by atoms with van der Waals surface area (Å²) in [7, 11) is 1.60. The largest absolute Gasteiger partial charge is 0.497 e. The second kappa shape index (κ2) is 23.4. The fourth-order valence-electron chi connectivity index (χ4n) is 6.29. The number of aliphatic hydroxyl groups excluding tert-OH is 1. The fourth-order valence-corrected chi connectivity index (χ4v) is 6.29. The number of amides is 3. The Bertz CT molecular complexity index is 2160. The van der Waals surface area contributed by atoms with Gasteiger partial charge in [-0.05, 0) is 66.6 Å². The molecule has 4 aromatic rings. The van der Waals surface area contributed by atoms with Crippen molar-refractivity contribution in [3.8, 4) is 29.7 Å². The Balaban J connectivity index is 1.72. The Labute approximate surface area is 338 Å². The summed E-state index contributed by atoms with van der Waals surface area (Å²) in [6.07, 6.45) is 3.56. The van der Waals surface area contributed by atoms with E-state index in [0.717, 1.165) is 16.9 Å². The highest BCUT2D eigenvalue weighted by molar-refractivity contribution is 6.06. The smallest absolute Gasteiger partial charge is 0.342 e. The second-order valence-electron chi connectivity index (χ2n) is 13.6. The van der Waals surface area contributed by atoms with Gasteiger partial charge in [-0.3, -0.25) is 14.4 Å². The van der Waals surface area contributed by atoms with Crippen LogP contribution in [0.25, 0.3) is 11.0 Å². The van der Waals surface area contributed by atoms with Crippen LogP contribution in [0.2, 0.25) is 0 Å².